The fourth-order valence-electron chi connectivity index (χ4n) is 3.23. The van der Waals surface area contributed by atoms with E-state index in [2.05, 4.69) is 31.1 Å². The molecule has 1 fully saturated rings. The fourth-order valence-corrected chi connectivity index (χ4v) is 4.29. The van der Waals surface area contributed by atoms with Crippen molar-refractivity contribution in [2.24, 2.45) is 5.41 Å². The summed E-state index contributed by atoms with van der Waals surface area (Å²) in [6, 6.07) is -0.0589. The molecule has 1 aromatic heterocycles. The van der Waals surface area contributed by atoms with E-state index in [0.29, 0.717) is 18.1 Å². The molecule has 2 amide bonds. The highest BCUT2D eigenvalue weighted by atomic mass is 32.1. The summed E-state index contributed by atoms with van der Waals surface area (Å²) < 4.78 is 0. The largest absolute Gasteiger partial charge is 0.327 e. The van der Waals surface area contributed by atoms with Gasteiger partial charge in [0.2, 0.25) is 0 Å². The zero-order valence-corrected chi connectivity index (χ0v) is 15.0. The number of ketones is 1. The van der Waals surface area contributed by atoms with Crippen molar-refractivity contribution < 1.29 is 9.59 Å². The second kappa shape index (κ2) is 5.87. The first-order chi connectivity index (χ1) is 10.8. The average Bonchev–Trinajstić information content (AvgIpc) is 2.97. The van der Waals surface area contributed by atoms with Crippen molar-refractivity contribution in [2.75, 3.05) is 25.0 Å². The summed E-state index contributed by atoms with van der Waals surface area (Å²) >= 11 is 1.36. The average molecular weight is 336 g/mol. The van der Waals surface area contributed by atoms with Crippen molar-refractivity contribution >= 4 is 28.3 Å². The van der Waals surface area contributed by atoms with Crippen LogP contribution in [0.3, 0.4) is 0 Å². The molecule has 7 heteroatoms. The molecular weight excluding hydrogens is 312 g/mol. The van der Waals surface area contributed by atoms with Gasteiger partial charge < -0.3 is 4.90 Å². The molecule has 1 aliphatic heterocycles. The molecule has 2 aliphatic rings. The maximum Gasteiger partial charge on any atom is 0.327 e. The number of hydrogen-bond donors (Lipinski definition) is 1. The minimum Gasteiger partial charge on any atom is -0.324 e. The number of hydrogen-bond acceptors (Lipinski definition) is 5. The highest BCUT2D eigenvalue weighted by molar-refractivity contribution is 7.17. The Balaban J connectivity index is 1.92. The third-order valence-corrected chi connectivity index (χ3v) is 5.49. The van der Waals surface area contributed by atoms with E-state index in [1.807, 2.05) is 0 Å². The second-order valence-electron chi connectivity index (χ2n) is 7.22. The van der Waals surface area contributed by atoms with Crippen LogP contribution in [0, 0.1) is 5.41 Å². The Morgan fingerprint density at radius 2 is 2.09 bits per heavy atom. The van der Waals surface area contributed by atoms with Gasteiger partial charge in [-0.05, 0) is 24.8 Å². The van der Waals surface area contributed by atoms with Gasteiger partial charge in [-0.3, -0.25) is 15.0 Å². The number of carbonyl (C=O) groups is 2. The van der Waals surface area contributed by atoms with Gasteiger partial charge in [0.15, 0.2) is 10.9 Å². The van der Waals surface area contributed by atoms with Crippen LogP contribution in [0.25, 0.3) is 0 Å². The van der Waals surface area contributed by atoms with E-state index in [1.54, 1.807) is 16.8 Å². The lowest BCUT2D eigenvalue weighted by Crippen LogP contribution is -2.44. The number of nitrogens with one attached hydrogen (secondary N) is 1. The fraction of sp³-hybridized carbons (Fsp3) is 0.688. The number of urea groups is 1. The maximum atomic E-state index is 12.5. The van der Waals surface area contributed by atoms with Crippen LogP contribution in [-0.4, -0.2) is 48.0 Å². The lowest BCUT2D eigenvalue weighted by atomic mass is 9.78. The summed E-state index contributed by atoms with van der Waals surface area (Å²) in [7, 11) is 1.80. The molecule has 0 aromatic carbocycles. The summed E-state index contributed by atoms with van der Waals surface area (Å²) in [4.78, 5) is 33.7. The van der Waals surface area contributed by atoms with Crippen LogP contribution in [0.4, 0.5) is 9.93 Å². The van der Waals surface area contributed by atoms with Crippen molar-refractivity contribution in [3.05, 3.63) is 10.6 Å². The van der Waals surface area contributed by atoms with Crippen molar-refractivity contribution in [1.82, 2.24) is 15.2 Å². The van der Waals surface area contributed by atoms with E-state index < -0.39 is 0 Å². The lowest BCUT2D eigenvalue weighted by molar-refractivity contribution is 0.0916. The first kappa shape index (κ1) is 16.4. The van der Waals surface area contributed by atoms with E-state index in [0.717, 1.165) is 30.0 Å². The van der Waals surface area contributed by atoms with Crippen LogP contribution in [0.15, 0.2) is 0 Å². The number of rotatable bonds is 4. The van der Waals surface area contributed by atoms with Gasteiger partial charge in [0.05, 0.1) is 17.1 Å². The quantitative estimate of drug-likeness (QED) is 0.917. The summed E-state index contributed by atoms with van der Waals surface area (Å²) in [5.41, 5.74) is 0.795. The van der Waals surface area contributed by atoms with Crippen molar-refractivity contribution in [3.8, 4) is 0 Å². The van der Waals surface area contributed by atoms with Crippen LogP contribution in [0.1, 0.15) is 49.0 Å². The standard InChI is InChI=1S/C16H24N4O2S/c1-5-6-17-12-9-19(4)15(22)20(12)14-18-10-7-16(2,3)8-11(21)13(10)23-14/h12,17H,5-9H2,1-4H3. The molecule has 0 radical (unpaired) electrons. The molecule has 1 atom stereocenters. The number of thiazole rings is 1. The third kappa shape index (κ3) is 2.99. The smallest absolute Gasteiger partial charge is 0.324 e. The summed E-state index contributed by atoms with van der Waals surface area (Å²) in [5.74, 6) is 0.151. The van der Waals surface area contributed by atoms with Gasteiger partial charge in [0, 0.05) is 13.5 Å². The summed E-state index contributed by atoms with van der Waals surface area (Å²) in [6.45, 7) is 7.75. The van der Waals surface area contributed by atoms with Gasteiger partial charge in [0.1, 0.15) is 6.17 Å². The van der Waals surface area contributed by atoms with Gasteiger partial charge in [-0.15, -0.1) is 0 Å². The molecule has 1 N–H and O–H groups in total. The Hall–Kier alpha value is -1.47. The Labute approximate surface area is 140 Å². The Morgan fingerprint density at radius 3 is 2.78 bits per heavy atom. The van der Waals surface area contributed by atoms with Crippen molar-refractivity contribution in [3.63, 3.8) is 0 Å². The Bertz CT molecular complexity index is 640. The molecule has 1 aromatic rings. The van der Waals surface area contributed by atoms with Gasteiger partial charge in [0.25, 0.3) is 0 Å². The van der Waals surface area contributed by atoms with Crippen LogP contribution in [0.2, 0.25) is 0 Å². The normalized spacial score (nSPS) is 23.6. The van der Waals surface area contributed by atoms with Gasteiger partial charge in [-0.2, -0.15) is 0 Å². The summed E-state index contributed by atoms with van der Waals surface area (Å²) in [6.07, 6.45) is 2.26. The topological polar surface area (TPSA) is 65.5 Å². The zero-order chi connectivity index (χ0) is 16.8. The van der Waals surface area contributed by atoms with E-state index in [4.69, 9.17) is 0 Å². The molecule has 2 heterocycles. The first-order valence-corrected chi connectivity index (χ1v) is 8.94. The number of amides is 2. The molecule has 1 unspecified atom stereocenters. The van der Waals surface area contributed by atoms with Gasteiger partial charge in [-0.25, -0.2) is 9.78 Å². The van der Waals surface area contributed by atoms with Crippen molar-refractivity contribution in [1.29, 1.82) is 0 Å². The Kier molecular flexibility index (Phi) is 4.18. The third-order valence-electron chi connectivity index (χ3n) is 4.35. The molecule has 6 nitrogen and oxygen atoms in total. The monoisotopic (exact) mass is 336 g/mol. The van der Waals surface area contributed by atoms with Crippen LogP contribution in [0.5, 0.6) is 0 Å². The number of likely N-dealkylation sites (N-methyl/N-ethyl adjacent to an activating group) is 1. The van der Waals surface area contributed by atoms with Crippen LogP contribution >= 0.6 is 11.3 Å². The minimum absolute atomic E-state index is 0.0545. The molecule has 0 bridgehead atoms. The molecule has 126 valence electrons. The highest BCUT2D eigenvalue weighted by Gasteiger charge is 2.40. The highest BCUT2D eigenvalue weighted by Crippen LogP contribution is 2.40. The van der Waals surface area contributed by atoms with E-state index in [1.165, 1.54) is 11.3 Å². The molecule has 0 saturated carbocycles. The second-order valence-corrected chi connectivity index (χ2v) is 8.19. The molecule has 23 heavy (non-hydrogen) atoms. The molecule has 3 rings (SSSR count). The number of fused-ring (bicyclic) bond motifs is 1. The molecule has 1 saturated heterocycles. The number of aromatic nitrogens is 1. The molecular formula is C16H24N4O2S. The van der Waals surface area contributed by atoms with Crippen LogP contribution < -0.4 is 10.2 Å². The molecule has 1 aliphatic carbocycles. The number of anilines is 1. The van der Waals surface area contributed by atoms with Crippen molar-refractivity contribution in [2.45, 2.75) is 46.2 Å². The number of Topliss-reactive ketones (excluding diaryl/α,β-unsaturated/α-hetero) is 1. The number of nitrogens with zero attached hydrogens (tertiary/aromatic N) is 3. The van der Waals surface area contributed by atoms with Gasteiger partial charge in [-0.1, -0.05) is 32.1 Å². The number of carbonyl (C=O) groups excluding carboxylic acids is 2. The zero-order valence-electron chi connectivity index (χ0n) is 14.2. The molecule has 0 spiro atoms. The van der Waals surface area contributed by atoms with Crippen LogP contribution in [-0.2, 0) is 6.42 Å². The first-order valence-electron chi connectivity index (χ1n) is 8.13. The van der Waals surface area contributed by atoms with Gasteiger partial charge >= 0.3 is 6.03 Å². The maximum absolute atomic E-state index is 12.5. The lowest BCUT2D eigenvalue weighted by Gasteiger charge is -2.26. The Morgan fingerprint density at radius 1 is 1.35 bits per heavy atom. The summed E-state index contributed by atoms with van der Waals surface area (Å²) in [5, 5.41) is 4.04. The van der Waals surface area contributed by atoms with E-state index >= 15 is 0 Å². The van der Waals surface area contributed by atoms with E-state index in [-0.39, 0.29) is 23.4 Å². The SMILES string of the molecule is CCCNC1CN(C)C(=O)N1c1nc2c(s1)C(=O)CC(C)(C)C2. The minimum atomic E-state index is -0.0804. The van der Waals surface area contributed by atoms with E-state index in [9.17, 15) is 9.59 Å². The predicted octanol–water partition coefficient (Wildman–Crippen LogP) is 2.50. The predicted molar refractivity (Wildman–Crippen MR) is 91.1 cm³/mol.